The minimum atomic E-state index is -4.74. The molecular formula is C37H71O8P. The number of hydrogen-bond donors (Lipinski definition) is 2. The van der Waals surface area contributed by atoms with Crippen LogP contribution in [0.5, 0.6) is 0 Å². The Morgan fingerprint density at radius 2 is 0.957 bits per heavy atom. The van der Waals surface area contributed by atoms with Crippen molar-refractivity contribution < 1.29 is 37.9 Å². The minimum Gasteiger partial charge on any atom is -0.462 e. The van der Waals surface area contributed by atoms with E-state index in [0.717, 1.165) is 44.9 Å². The predicted molar refractivity (Wildman–Crippen MR) is 189 cm³/mol. The van der Waals surface area contributed by atoms with Crippen LogP contribution < -0.4 is 0 Å². The van der Waals surface area contributed by atoms with E-state index in [1.807, 2.05) is 6.08 Å². The Morgan fingerprint density at radius 1 is 0.587 bits per heavy atom. The summed E-state index contributed by atoms with van der Waals surface area (Å²) in [5.41, 5.74) is 0. The van der Waals surface area contributed by atoms with Gasteiger partial charge in [-0.25, -0.2) is 4.57 Å². The second-order valence-electron chi connectivity index (χ2n) is 13.0. The Balaban J connectivity index is 3.91. The molecule has 0 saturated heterocycles. The van der Waals surface area contributed by atoms with E-state index >= 15 is 0 Å². The predicted octanol–water partition coefficient (Wildman–Crippen LogP) is 11.1. The molecule has 0 saturated carbocycles. The molecule has 0 amide bonds. The molecule has 46 heavy (non-hydrogen) atoms. The van der Waals surface area contributed by atoms with Crippen molar-refractivity contribution in [1.82, 2.24) is 0 Å². The van der Waals surface area contributed by atoms with Crippen LogP contribution in [0.15, 0.2) is 12.7 Å². The van der Waals surface area contributed by atoms with Gasteiger partial charge >= 0.3 is 19.8 Å². The molecule has 0 aliphatic rings. The second-order valence-corrected chi connectivity index (χ2v) is 14.2. The molecule has 0 aliphatic heterocycles. The van der Waals surface area contributed by atoms with Crippen molar-refractivity contribution in [3.05, 3.63) is 12.7 Å². The van der Waals surface area contributed by atoms with Crippen molar-refractivity contribution in [2.45, 2.75) is 199 Å². The van der Waals surface area contributed by atoms with Gasteiger partial charge in [-0.3, -0.25) is 14.1 Å². The highest BCUT2D eigenvalue weighted by Crippen LogP contribution is 2.36. The van der Waals surface area contributed by atoms with Crippen molar-refractivity contribution in [3.8, 4) is 0 Å². The van der Waals surface area contributed by atoms with Gasteiger partial charge in [-0.05, 0) is 25.7 Å². The molecular weight excluding hydrogens is 603 g/mol. The van der Waals surface area contributed by atoms with E-state index in [1.54, 1.807) is 0 Å². The Kier molecular flexibility index (Phi) is 32.8. The molecule has 8 nitrogen and oxygen atoms in total. The molecule has 1 atom stereocenters. The van der Waals surface area contributed by atoms with Crippen LogP contribution in [0.1, 0.15) is 193 Å². The Hall–Kier alpha value is -1.21. The largest absolute Gasteiger partial charge is 0.469 e. The Bertz CT molecular complexity index is 754. The quantitative estimate of drug-likeness (QED) is 0.0292. The van der Waals surface area contributed by atoms with Gasteiger partial charge < -0.3 is 19.3 Å². The van der Waals surface area contributed by atoms with Crippen LogP contribution in [0, 0.1) is 0 Å². The monoisotopic (exact) mass is 674 g/mol. The summed E-state index contributed by atoms with van der Waals surface area (Å²) in [6.45, 7) is 5.20. The van der Waals surface area contributed by atoms with Crippen LogP contribution in [0.25, 0.3) is 0 Å². The van der Waals surface area contributed by atoms with Crippen molar-refractivity contribution in [1.29, 1.82) is 0 Å². The van der Waals surface area contributed by atoms with Gasteiger partial charge in [0.1, 0.15) is 6.61 Å². The van der Waals surface area contributed by atoms with Gasteiger partial charge in [0.15, 0.2) is 6.10 Å². The first-order chi connectivity index (χ1) is 22.3. The third-order valence-electron chi connectivity index (χ3n) is 8.43. The summed E-state index contributed by atoms with van der Waals surface area (Å²) < 4.78 is 26.3. The van der Waals surface area contributed by atoms with Gasteiger partial charge in [-0.1, -0.05) is 161 Å². The second kappa shape index (κ2) is 33.7. The molecule has 2 N–H and O–H groups in total. The fraction of sp³-hybridized carbons (Fsp3) is 0.892. The summed E-state index contributed by atoms with van der Waals surface area (Å²) in [5, 5.41) is 0. The van der Waals surface area contributed by atoms with E-state index in [1.165, 1.54) is 122 Å². The average Bonchev–Trinajstić information content (AvgIpc) is 3.02. The van der Waals surface area contributed by atoms with Gasteiger partial charge in [-0.15, -0.1) is 6.58 Å². The zero-order valence-electron chi connectivity index (χ0n) is 29.6. The number of carbonyl (C=O) groups is 2. The molecule has 0 aromatic heterocycles. The third-order valence-corrected chi connectivity index (χ3v) is 8.92. The lowest BCUT2D eigenvalue weighted by Crippen LogP contribution is -2.29. The fourth-order valence-electron chi connectivity index (χ4n) is 5.59. The van der Waals surface area contributed by atoms with Gasteiger partial charge in [0, 0.05) is 12.8 Å². The highest BCUT2D eigenvalue weighted by molar-refractivity contribution is 7.46. The van der Waals surface area contributed by atoms with Crippen molar-refractivity contribution in [3.63, 3.8) is 0 Å². The lowest BCUT2D eigenvalue weighted by Gasteiger charge is -2.18. The van der Waals surface area contributed by atoms with Gasteiger partial charge in [0.2, 0.25) is 0 Å². The highest BCUT2D eigenvalue weighted by atomic mass is 31.2. The fourth-order valence-corrected chi connectivity index (χ4v) is 5.95. The van der Waals surface area contributed by atoms with Crippen molar-refractivity contribution in [2.75, 3.05) is 13.2 Å². The summed E-state index contributed by atoms with van der Waals surface area (Å²) in [6, 6.07) is 0. The van der Waals surface area contributed by atoms with Gasteiger partial charge in [0.25, 0.3) is 0 Å². The molecule has 0 aromatic carbocycles. The molecule has 272 valence electrons. The summed E-state index contributed by atoms with van der Waals surface area (Å²) >= 11 is 0. The molecule has 0 fully saturated rings. The van der Waals surface area contributed by atoms with Crippen LogP contribution in [0.3, 0.4) is 0 Å². The molecule has 0 spiro atoms. The number of unbranched alkanes of at least 4 members (excludes halogenated alkanes) is 25. The van der Waals surface area contributed by atoms with E-state index in [-0.39, 0.29) is 19.4 Å². The van der Waals surface area contributed by atoms with Crippen LogP contribution in [-0.4, -0.2) is 41.0 Å². The number of hydrogen-bond acceptors (Lipinski definition) is 6. The average molecular weight is 675 g/mol. The van der Waals surface area contributed by atoms with Gasteiger partial charge in [-0.2, -0.15) is 0 Å². The normalized spacial score (nSPS) is 12.2. The zero-order valence-corrected chi connectivity index (χ0v) is 30.5. The third kappa shape index (κ3) is 35.6. The number of phosphoric acid groups is 1. The lowest BCUT2D eigenvalue weighted by molar-refractivity contribution is -0.161. The number of allylic oxidation sites excluding steroid dienone is 1. The number of phosphoric ester groups is 1. The SMILES string of the molecule is C=CCCCCCCCCCCCCCCCC(=O)O[C@H](COC(=O)CCCCCCCCCCCCCCC)COP(=O)(O)O. The molecule has 0 radical (unpaired) electrons. The van der Waals surface area contributed by atoms with E-state index in [4.69, 9.17) is 19.3 Å². The smallest absolute Gasteiger partial charge is 0.462 e. The maximum atomic E-state index is 12.3. The topological polar surface area (TPSA) is 119 Å². The molecule has 0 aliphatic carbocycles. The van der Waals surface area contributed by atoms with E-state index < -0.39 is 32.5 Å². The molecule has 9 heteroatoms. The first kappa shape index (κ1) is 44.8. The number of carbonyl (C=O) groups excluding carboxylic acids is 2. The molecule has 0 rings (SSSR count). The van der Waals surface area contributed by atoms with Crippen molar-refractivity contribution in [2.24, 2.45) is 0 Å². The van der Waals surface area contributed by atoms with Crippen LogP contribution >= 0.6 is 7.82 Å². The lowest BCUT2D eigenvalue weighted by atomic mass is 10.0. The summed E-state index contributed by atoms with van der Waals surface area (Å²) in [5.74, 6) is -0.879. The molecule has 0 aromatic rings. The maximum absolute atomic E-state index is 12.3. The Labute approximate surface area is 282 Å². The van der Waals surface area contributed by atoms with E-state index in [9.17, 15) is 14.2 Å². The van der Waals surface area contributed by atoms with Crippen LogP contribution in [-0.2, 0) is 28.2 Å². The Morgan fingerprint density at radius 3 is 1.35 bits per heavy atom. The minimum absolute atomic E-state index is 0.214. The van der Waals surface area contributed by atoms with Gasteiger partial charge in [0.05, 0.1) is 6.61 Å². The first-order valence-electron chi connectivity index (χ1n) is 18.9. The molecule has 0 bridgehead atoms. The number of esters is 2. The summed E-state index contributed by atoms with van der Waals surface area (Å²) in [4.78, 5) is 42.7. The van der Waals surface area contributed by atoms with E-state index in [2.05, 4.69) is 18.0 Å². The summed E-state index contributed by atoms with van der Waals surface area (Å²) in [6.07, 6.45) is 33.9. The first-order valence-corrected chi connectivity index (χ1v) is 20.5. The maximum Gasteiger partial charge on any atom is 0.469 e. The number of rotatable bonds is 36. The van der Waals surface area contributed by atoms with Crippen LogP contribution in [0.2, 0.25) is 0 Å². The van der Waals surface area contributed by atoms with Crippen LogP contribution in [0.4, 0.5) is 0 Å². The zero-order chi connectivity index (χ0) is 34.0. The summed E-state index contributed by atoms with van der Waals surface area (Å²) in [7, 11) is -4.74. The number of ether oxygens (including phenoxy) is 2. The molecule has 0 heterocycles. The molecule has 0 unspecified atom stereocenters. The highest BCUT2D eigenvalue weighted by Gasteiger charge is 2.22. The van der Waals surface area contributed by atoms with Crippen molar-refractivity contribution >= 4 is 19.8 Å². The van der Waals surface area contributed by atoms with E-state index in [0.29, 0.717) is 6.42 Å². The standard InChI is InChI=1S/C37H71O8P/c1-3-5-7-9-11-13-15-17-18-20-22-24-26-28-30-32-37(39)45-35(34-44-46(40,41)42)33-43-36(38)31-29-27-25-23-21-19-16-14-12-10-8-6-4-2/h3,35H,1,4-34H2,2H3,(H2,40,41,42)/t35-/m1/s1.